The average molecular weight is 282 g/mol. The van der Waals surface area contributed by atoms with Crippen LogP contribution in [0.4, 0.5) is 10.2 Å². The molecule has 0 saturated heterocycles. The summed E-state index contributed by atoms with van der Waals surface area (Å²) in [7, 11) is 1.32. The lowest BCUT2D eigenvalue weighted by atomic mass is 10.2. The molecule has 98 valence electrons. The number of nitrogens with zero attached hydrogens (tertiary/aromatic N) is 2. The van der Waals surface area contributed by atoms with Gasteiger partial charge in [-0.15, -0.1) is 0 Å². The maximum atomic E-state index is 13.2. The normalized spacial score (nSPS) is 10.1. The van der Waals surface area contributed by atoms with E-state index in [4.69, 9.17) is 16.3 Å². The predicted molar refractivity (Wildman–Crippen MR) is 67.9 cm³/mol. The third-order valence-electron chi connectivity index (χ3n) is 2.29. The number of amides is 1. The molecule has 5 nitrogen and oxygen atoms in total. The van der Waals surface area contributed by atoms with Crippen molar-refractivity contribution in [3.8, 4) is 5.75 Å². The molecule has 2 aromatic rings. The van der Waals surface area contributed by atoms with Crippen molar-refractivity contribution >= 4 is 23.3 Å². The van der Waals surface area contributed by atoms with E-state index in [-0.39, 0.29) is 22.3 Å². The number of carbonyl (C=O) groups is 1. The Bertz CT molecular complexity index is 622. The summed E-state index contributed by atoms with van der Waals surface area (Å²) in [6, 6.07) is 5.20. The Balaban J connectivity index is 2.20. The highest BCUT2D eigenvalue weighted by molar-refractivity contribution is 6.29. The summed E-state index contributed by atoms with van der Waals surface area (Å²) >= 11 is 5.67. The Morgan fingerprint density at radius 1 is 1.37 bits per heavy atom. The lowest BCUT2D eigenvalue weighted by molar-refractivity contribution is 0.102. The van der Waals surface area contributed by atoms with Crippen LogP contribution in [0, 0.1) is 5.82 Å². The molecular weight excluding hydrogens is 273 g/mol. The minimum absolute atomic E-state index is 0.00614. The molecule has 0 aliphatic carbocycles. The van der Waals surface area contributed by atoms with Gasteiger partial charge in [-0.1, -0.05) is 11.6 Å². The number of hydrogen-bond acceptors (Lipinski definition) is 4. The third kappa shape index (κ3) is 3.17. The van der Waals surface area contributed by atoms with Gasteiger partial charge in [-0.25, -0.2) is 14.4 Å². The van der Waals surface area contributed by atoms with E-state index in [9.17, 15) is 9.18 Å². The Kier molecular flexibility index (Phi) is 3.91. The second kappa shape index (κ2) is 5.62. The SMILES string of the molecule is COc1cc(C(=O)Nc2cc(Cl)ncn2)ccc1F. The number of aromatic nitrogens is 2. The van der Waals surface area contributed by atoms with Crippen molar-refractivity contribution in [1.29, 1.82) is 0 Å². The van der Waals surface area contributed by atoms with Crippen LogP contribution in [0.3, 0.4) is 0 Å². The molecule has 0 radical (unpaired) electrons. The van der Waals surface area contributed by atoms with Crippen LogP contribution >= 0.6 is 11.6 Å². The first kappa shape index (κ1) is 13.2. The van der Waals surface area contributed by atoms with Gasteiger partial charge in [0, 0.05) is 11.6 Å². The summed E-state index contributed by atoms with van der Waals surface area (Å²) in [5, 5.41) is 2.73. The molecule has 0 aliphatic rings. The lowest BCUT2D eigenvalue weighted by Crippen LogP contribution is -2.13. The van der Waals surface area contributed by atoms with Gasteiger partial charge < -0.3 is 10.1 Å². The van der Waals surface area contributed by atoms with Crippen LogP contribution in [0.1, 0.15) is 10.4 Å². The van der Waals surface area contributed by atoms with Crippen LogP contribution in [0.25, 0.3) is 0 Å². The number of methoxy groups -OCH3 is 1. The molecular formula is C12H9ClFN3O2. The molecule has 0 atom stereocenters. The van der Waals surface area contributed by atoms with E-state index >= 15 is 0 Å². The zero-order chi connectivity index (χ0) is 13.8. The van der Waals surface area contributed by atoms with E-state index < -0.39 is 11.7 Å². The molecule has 7 heteroatoms. The van der Waals surface area contributed by atoms with E-state index in [2.05, 4.69) is 15.3 Å². The number of nitrogens with one attached hydrogen (secondary N) is 1. The van der Waals surface area contributed by atoms with Crippen LogP contribution in [-0.2, 0) is 0 Å². The van der Waals surface area contributed by atoms with E-state index in [1.54, 1.807) is 0 Å². The van der Waals surface area contributed by atoms with Crippen LogP contribution in [0.15, 0.2) is 30.6 Å². The summed E-state index contributed by atoms with van der Waals surface area (Å²) in [6.45, 7) is 0. The van der Waals surface area contributed by atoms with E-state index in [1.165, 1.54) is 31.6 Å². The summed E-state index contributed by atoms with van der Waals surface area (Å²) in [5.41, 5.74) is 0.244. The van der Waals surface area contributed by atoms with Gasteiger partial charge in [-0.3, -0.25) is 4.79 Å². The average Bonchev–Trinajstić information content (AvgIpc) is 2.39. The molecule has 0 fully saturated rings. The molecule has 0 bridgehead atoms. The maximum Gasteiger partial charge on any atom is 0.256 e. The number of ether oxygens (including phenoxy) is 1. The molecule has 0 unspecified atom stereocenters. The molecule has 1 N–H and O–H groups in total. The smallest absolute Gasteiger partial charge is 0.256 e. The first-order valence-electron chi connectivity index (χ1n) is 5.22. The Morgan fingerprint density at radius 3 is 2.84 bits per heavy atom. The van der Waals surface area contributed by atoms with Gasteiger partial charge in [0.05, 0.1) is 7.11 Å². The van der Waals surface area contributed by atoms with E-state index in [1.807, 2.05) is 0 Å². The van der Waals surface area contributed by atoms with Crippen molar-refractivity contribution in [3.63, 3.8) is 0 Å². The quantitative estimate of drug-likeness (QED) is 0.878. The van der Waals surface area contributed by atoms with E-state index in [0.717, 1.165) is 6.07 Å². The first-order valence-corrected chi connectivity index (χ1v) is 5.60. The second-order valence-electron chi connectivity index (χ2n) is 3.53. The lowest BCUT2D eigenvalue weighted by Gasteiger charge is -2.06. The molecule has 2 rings (SSSR count). The fraction of sp³-hybridized carbons (Fsp3) is 0.0833. The predicted octanol–water partition coefficient (Wildman–Crippen LogP) is 2.53. The largest absolute Gasteiger partial charge is 0.494 e. The highest BCUT2D eigenvalue weighted by atomic mass is 35.5. The van der Waals surface area contributed by atoms with Crippen molar-refractivity contribution in [1.82, 2.24) is 9.97 Å². The molecule has 19 heavy (non-hydrogen) atoms. The molecule has 0 aliphatic heterocycles. The minimum atomic E-state index is -0.538. The monoisotopic (exact) mass is 281 g/mol. The highest BCUT2D eigenvalue weighted by Crippen LogP contribution is 2.19. The zero-order valence-electron chi connectivity index (χ0n) is 9.85. The van der Waals surface area contributed by atoms with Gasteiger partial charge in [0.2, 0.25) is 0 Å². The van der Waals surface area contributed by atoms with Crippen LogP contribution in [0.2, 0.25) is 5.15 Å². The van der Waals surface area contributed by atoms with Crippen molar-refractivity contribution in [2.24, 2.45) is 0 Å². The third-order valence-corrected chi connectivity index (χ3v) is 2.50. The van der Waals surface area contributed by atoms with Gasteiger partial charge in [-0.2, -0.15) is 0 Å². The first-order chi connectivity index (χ1) is 9.10. The number of anilines is 1. The number of rotatable bonds is 3. The van der Waals surface area contributed by atoms with Gasteiger partial charge in [0.25, 0.3) is 5.91 Å². The summed E-state index contributed by atoms with van der Waals surface area (Å²) in [4.78, 5) is 19.4. The maximum absolute atomic E-state index is 13.2. The molecule has 1 amide bonds. The molecule has 0 spiro atoms. The van der Waals surface area contributed by atoms with Crippen molar-refractivity contribution in [2.75, 3.05) is 12.4 Å². The van der Waals surface area contributed by atoms with Crippen molar-refractivity contribution in [3.05, 3.63) is 47.1 Å². The zero-order valence-corrected chi connectivity index (χ0v) is 10.6. The Labute approximate surface area is 113 Å². The van der Waals surface area contributed by atoms with Gasteiger partial charge in [0.15, 0.2) is 11.6 Å². The van der Waals surface area contributed by atoms with Gasteiger partial charge in [-0.05, 0) is 18.2 Å². The van der Waals surface area contributed by atoms with Crippen LogP contribution in [-0.4, -0.2) is 23.0 Å². The summed E-state index contributed by atoms with van der Waals surface area (Å²) in [6.07, 6.45) is 1.23. The highest BCUT2D eigenvalue weighted by Gasteiger charge is 2.11. The Morgan fingerprint density at radius 2 is 2.16 bits per heavy atom. The number of carbonyl (C=O) groups excluding carboxylic acids is 1. The number of halogens is 2. The fourth-order valence-electron chi connectivity index (χ4n) is 1.39. The molecule has 1 aromatic carbocycles. The van der Waals surface area contributed by atoms with Gasteiger partial charge >= 0.3 is 0 Å². The van der Waals surface area contributed by atoms with Crippen LogP contribution in [0.5, 0.6) is 5.75 Å². The van der Waals surface area contributed by atoms with Gasteiger partial charge in [0.1, 0.15) is 17.3 Å². The minimum Gasteiger partial charge on any atom is -0.494 e. The summed E-state index contributed by atoms with van der Waals surface area (Å²) in [5.74, 6) is -0.737. The standard InChI is InChI=1S/C12H9ClFN3O2/c1-19-9-4-7(2-3-8(9)14)12(18)17-11-5-10(13)15-6-16-11/h2-6H,1H3,(H,15,16,17,18). The molecule has 1 aromatic heterocycles. The molecule has 0 saturated carbocycles. The second-order valence-corrected chi connectivity index (χ2v) is 3.92. The number of benzene rings is 1. The van der Waals surface area contributed by atoms with Crippen LogP contribution < -0.4 is 10.1 Å². The van der Waals surface area contributed by atoms with E-state index in [0.29, 0.717) is 0 Å². The Hall–Kier alpha value is -2.21. The van der Waals surface area contributed by atoms with Crippen molar-refractivity contribution < 1.29 is 13.9 Å². The summed E-state index contributed by atoms with van der Waals surface area (Å²) < 4.78 is 18.0. The molecule has 1 heterocycles. The fourth-order valence-corrected chi connectivity index (χ4v) is 1.54. The topological polar surface area (TPSA) is 64.1 Å². The number of hydrogen-bond donors (Lipinski definition) is 1. The van der Waals surface area contributed by atoms with Crippen molar-refractivity contribution in [2.45, 2.75) is 0 Å².